The summed E-state index contributed by atoms with van der Waals surface area (Å²) in [5, 5.41) is 2.82. The van der Waals surface area contributed by atoms with Crippen LogP contribution in [-0.4, -0.2) is 10.9 Å². The summed E-state index contributed by atoms with van der Waals surface area (Å²) >= 11 is 3.30. The zero-order chi connectivity index (χ0) is 16.4. The van der Waals surface area contributed by atoms with Gasteiger partial charge in [-0.05, 0) is 30.2 Å². The number of amides is 1. The van der Waals surface area contributed by atoms with Gasteiger partial charge in [0.25, 0.3) is 0 Å². The first-order chi connectivity index (χ1) is 11.0. The minimum Gasteiger partial charge on any atom is -0.369 e. The van der Waals surface area contributed by atoms with Gasteiger partial charge in [-0.15, -0.1) is 11.3 Å². The normalized spacial score (nSPS) is 12.4. The van der Waals surface area contributed by atoms with Gasteiger partial charge in [0.2, 0.25) is 5.91 Å². The zero-order valence-electron chi connectivity index (χ0n) is 13.1. The number of fused-ring (bicyclic) bond motifs is 1. The Hall–Kier alpha value is -1.85. The standard InChI is InChI=1S/C18H18N2OS2/c1-11-16(10-17(19)21)23-18(20-11)22-12(2)14-9-5-7-13-6-3-4-8-15(13)14/h3-9,12H,10H2,1-2H3,(H2,19,21). The third-order valence-corrected chi connectivity index (χ3v) is 6.14. The van der Waals surface area contributed by atoms with Crippen LogP contribution in [0.15, 0.2) is 46.8 Å². The molecule has 1 unspecified atom stereocenters. The van der Waals surface area contributed by atoms with Crippen LogP contribution in [0.5, 0.6) is 0 Å². The van der Waals surface area contributed by atoms with Crippen molar-refractivity contribution < 1.29 is 4.79 Å². The number of thiazole rings is 1. The van der Waals surface area contributed by atoms with Crippen LogP contribution in [0.2, 0.25) is 0 Å². The molecule has 0 bridgehead atoms. The molecule has 0 aliphatic carbocycles. The van der Waals surface area contributed by atoms with E-state index in [1.165, 1.54) is 16.3 Å². The molecule has 1 aromatic heterocycles. The van der Waals surface area contributed by atoms with E-state index in [1.807, 2.05) is 6.92 Å². The van der Waals surface area contributed by atoms with Crippen molar-refractivity contribution in [3.05, 3.63) is 58.6 Å². The number of nitrogens with zero attached hydrogens (tertiary/aromatic N) is 1. The Bertz CT molecular complexity index is 852. The van der Waals surface area contributed by atoms with Crippen LogP contribution in [0.1, 0.15) is 28.3 Å². The van der Waals surface area contributed by atoms with Crippen LogP contribution in [0.25, 0.3) is 10.8 Å². The number of benzene rings is 2. The number of aromatic nitrogens is 1. The van der Waals surface area contributed by atoms with Crippen LogP contribution in [-0.2, 0) is 11.2 Å². The number of hydrogen-bond donors (Lipinski definition) is 1. The maximum atomic E-state index is 11.1. The molecule has 0 saturated carbocycles. The first-order valence-corrected chi connectivity index (χ1v) is 9.13. The average Bonchev–Trinajstić information content (AvgIpc) is 2.85. The van der Waals surface area contributed by atoms with Gasteiger partial charge < -0.3 is 5.73 Å². The molecule has 1 heterocycles. The molecular weight excluding hydrogens is 324 g/mol. The topological polar surface area (TPSA) is 56.0 Å². The van der Waals surface area contributed by atoms with Gasteiger partial charge >= 0.3 is 0 Å². The number of nitrogens with two attached hydrogens (primary N) is 1. The number of aryl methyl sites for hydroxylation is 1. The summed E-state index contributed by atoms with van der Waals surface area (Å²) < 4.78 is 0.985. The lowest BCUT2D eigenvalue weighted by atomic mass is 10.0. The number of thioether (sulfide) groups is 1. The fraction of sp³-hybridized carbons (Fsp3) is 0.222. The van der Waals surface area contributed by atoms with Crippen LogP contribution < -0.4 is 5.73 Å². The molecule has 5 heteroatoms. The Labute approximate surface area is 143 Å². The highest BCUT2D eigenvalue weighted by molar-refractivity contribution is 8.01. The van der Waals surface area contributed by atoms with Gasteiger partial charge in [-0.2, -0.15) is 0 Å². The highest BCUT2D eigenvalue weighted by Gasteiger charge is 2.15. The number of hydrogen-bond acceptors (Lipinski definition) is 4. The first-order valence-electron chi connectivity index (χ1n) is 7.43. The maximum absolute atomic E-state index is 11.1. The molecule has 0 fully saturated rings. The van der Waals surface area contributed by atoms with Gasteiger partial charge in [0.15, 0.2) is 4.34 Å². The lowest BCUT2D eigenvalue weighted by Crippen LogP contribution is -2.13. The predicted molar refractivity (Wildman–Crippen MR) is 98.0 cm³/mol. The quantitative estimate of drug-likeness (QED) is 0.695. The number of rotatable bonds is 5. The van der Waals surface area contributed by atoms with Gasteiger partial charge in [0, 0.05) is 10.1 Å². The summed E-state index contributed by atoms with van der Waals surface area (Å²) in [5.74, 6) is -0.310. The highest BCUT2D eigenvalue weighted by Crippen LogP contribution is 2.40. The third-order valence-electron chi connectivity index (χ3n) is 3.75. The van der Waals surface area contributed by atoms with E-state index >= 15 is 0 Å². The molecule has 1 atom stereocenters. The van der Waals surface area contributed by atoms with Crippen molar-refractivity contribution in [2.45, 2.75) is 29.9 Å². The maximum Gasteiger partial charge on any atom is 0.222 e. The van der Waals surface area contributed by atoms with Gasteiger partial charge in [-0.3, -0.25) is 4.79 Å². The Balaban J connectivity index is 1.86. The van der Waals surface area contributed by atoms with Crippen molar-refractivity contribution in [1.29, 1.82) is 0 Å². The Morgan fingerprint density at radius 2 is 2.00 bits per heavy atom. The van der Waals surface area contributed by atoms with Crippen LogP contribution >= 0.6 is 23.1 Å². The molecule has 0 saturated heterocycles. The molecule has 23 heavy (non-hydrogen) atoms. The van der Waals surface area contributed by atoms with E-state index in [0.717, 1.165) is 14.9 Å². The fourth-order valence-electron chi connectivity index (χ4n) is 2.59. The summed E-state index contributed by atoms with van der Waals surface area (Å²) in [6, 6.07) is 14.8. The molecule has 3 rings (SSSR count). The fourth-order valence-corrected chi connectivity index (χ4v) is 5.15. The SMILES string of the molecule is Cc1nc(SC(C)c2cccc3ccccc23)sc1CC(N)=O. The molecule has 0 radical (unpaired) electrons. The summed E-state index contributed by atoms with van der Waals surface area (Å²) in [6.07, 6.45) is 0.271. The van der Waals surface area contributed by atoms with Crippen molar-refractivity contribution in [2.75, 3.05) is 0 Å². The summed E-state index contributed by atoms with van der Waals surface area (Å²) in [7, 11) is 0. The molecule has 0 aliphatic heterocycles. The molecule has 3 nitrogen and oxygen atoms in total. The lowest BCUT2D eigenvalue weighted by molar-refractivity contribution is -0.117. The Morgan fingerprint density at radius 3 is 2.78 bits per heavy atom. The van der Waals surface area contributed by atoms with Gasteiger partial charge in [-0.1, -0.05) is 54.2 Å². The van der Waals surface area contributed by atoms with Crippen LogP contribution in [0, 0.1) is 6.92 Å². The minimum atomic E-state index is -0.310. The van der Waals surface area contributed by atoms with Gasteiger partial charge in [0.1, 0.15) is 0 Å². The third kappa shape index (κ3) is 3.57. The number of primary amides is 1. The molecule has 1 amide bonds. The van der Waals surface area contributed by atoms with E-state index in [9.17, 15) is 4.79 Å². The molecule has 2 N–H and O–H groups in total. The Kier molecular flexibility index (Phi) is 4.68. The number of carbonyl (C=O) groups is 1. The summed E-state index contributed by atoms with van der Waals surface area (Å²) in [4.78, 5) is 16.7. The second-order valence-corrected chi connectivity index (χ2v) is 8.13. The van der Waals surface area contributed by atoms with Crippen molar-refractivity contribution in [3.8, 4) is 0 Å². The van der Waals surface area contributed by atoms with Crippen molar-refractivity contribution in [3.63, 3.8) is 0 Å². The molecule has 0 spiro atoms. The van der Waals surface area contributed by atoms with Gasteiger partial charge in [0.05, 0.1) is 12.1 Å². The zero-order valence-corrected chi connectivity index (χ0v) is 14.7. The summed E-state index contributed by atoms with van der Waals surface area (Å²) in [6.45, 7) is 4.12. The second kappa shape index (κ2) is 6.72. The Morgan fingerprint density at radius 1 is 1.26 bits per heavy atom. The molecule has 0 aliphatic rings. The van der Waals surface area contributed by atoms with Crippen molar-refractivity contribution in [1.82, 2.24) is 4.98 Å². The first kappa shape index (κ1) is 16.0. The molecule has 118 valence electrons. The summed E-state index contributed by atoms with van der Waals surface area (Å²) in [5.41, 5.74) is 7.50. The van der Waals surface area contributed by atoms with E-state index in [2.05, 4.69) is 54.4 Å². The largest absolute Gasteiger partial charge is 0.369 e. The van der Waals surface area contributed by atoms with Crippen LogP contribution in [0.4, 0.5) is 0 Å². The average molecular weight is 342 g/mol. The van der Waals surface area contributed by atoms with E-state index < -0.39 is 0 Å². The highest BCUT2D eigenvalue weighted by atomic mass is 32.2. The van der Waals surface area contributed by atoms with Gasteiger partial charge in [-0.25, -0.2) is 4.98 Å². The van der Waals surface area contributed by atoms with E-state index in [4.69, 9.17) is 5.73 Å². The molecule has 3 aromatic rings. The smallest absolute Gasteiger partial charge is 0.222 e. The monoisotopic (exact) mass is 342 g/mol. The van der Waals surface area contributed by atoms with E-state index in [1.54, 1.807) is 23.1 Å². The van der Waals surface area contributed by atoms with E-state index in [-0.39, 0.29) is 17.6 Å². The lowest BCUT2D eigenvalue weighted by Gasteiger charge is -2.12. The second-order valence-electron chi connectivity index (χ2n) is 5.46. The molecule has 2 aromatic carbocycles. The van der Waals surface area contributed by atoms with E-state index in [0.29, 0.717) is 0 Å². The minimum absolute atomic E-state index is 0.271. The van der Waals surface area contributed by atoms with Crippen molar-refractivity contribution >= 4 is 39.8 Å². The molecular formula is C18H18N2OS2. The van der Waals surface area contributed by atoms with Crippen LogP contribution in [0.3, 0.4) is 0 Å². The van der Waals surface area contributed by atoms with Crippen molar-refractivity contribution in [2.24, 2.45) is 5.73 Å². The predicted octanol–water partition coefficient (Wildman–Crippen LogP) is 4.49. The number of carbonyl (C=O) groups excluding carboxylic acids is 1.